The Morgan fingerprint density at radius 3 is 2.52 bits per heavy atom. The van der Waals surface area contributed by atoms with Crippen LogP contribution in [0.5, 0.6) is 0 Å². The molecule has 1 aromatic carbocycles. The molecule has 5 heteroatoms. The van der Waals surface area contributed by atoms with Crippen molar-refractivity contribution in [1.82, 2.24) is 4.90 Å². The third kappa shape index (κ3) is 3.77. The lowest BCUT2D eigenvalue weighted by molar-refractivity contribution is -0.0713. The lowest BCUT2D eigenvalue weighted by Gasteiger charge is -2.45. The molecule has 1 heterocycles. The highest BCUT2D eigenvalue weighted by Crippen LogP contribution is 2.33. The Labute approximate surface area is 134 Å². The summed E-state index contributed by atoms with van der Waals surface area (Å²) in [5.74, 6) is 0. The van der Waals surface area contributed by atoms with E-state index in [-0.39, 0.29) is 6.09 Å². The second-order valence-electron chi connectivity index (χ2n) is 6.47. The summed E-state index contributed by atoms with van der Waals surface area (Å²) in [6, 6.07) is 7.97. The second kappa shape index (κ2) is 5.97. The van der Waals surface area contributed by atoms with Gasteiger partial charge in [-0.1, -0.05) is 28.1 Å². The van der Waals surface area contributed by atoms with Gasteiger partial charge in [0.2, 0.25) is 0 Å². The topological polar surface area (TPSA) is 38.8 Å². The lowest BCUT2D eigenvalue weighted by Crippen LogP contribution is -2.56. The van der Waals surface area contributed by atoms with Crippen LogP contribution in [0.3, 0.4) is 0 Å². The lowest BCUT2D eigenvalue weighted by atomic mass is 9.90. The van der Waals surface area contributed by atoms with Gasteiger partial charge in [0, 0.05) is 11.0 Å². The van der Waals surface area contributed by atoms with Gasteiger partial charge in [0.1, 0.15) is 5.60 Å². The van der Waals surface area contributed by atoms with Crippen molar-refractivity contribution < 1.29 is 14.3 Å². The van der Waals surface area contributed by atoms with Gasteiger partial charge >= 0.3 is 6.09 Å². The molecule has 4 nitrogen and oxygen atoms in total. The van der Waals surface area contributed by atoms with Crippen molar-refractivity contribution in [3.63, 3.8) is 0 Å². The predicted octanol–water partition coefficient (Wildman–Crippen LogP) is 3.93. The van der Waals surface area contributed by atoms with Gasteiger partial charge in [-0.15, -0.1) is 0 Å². The number of hydrogen-bond acceptors (Lipinski definition) is 3. The predicted molar refractivity (Wildman–Crippen MR) is 85.3 cm³/mol. The fourth-order valence-corrected chi connectivity index (χ4v) is 2.67. The van der Waals surface area contributed by atoms with Crippen molar-refractivity contribution >= 4 is 22.0 Å². The smallest absolute Gasteiger partial charge is 0.411 e. The zero-order valence-electron chi connectivity index (χ0n) is 13.0. The van der Waals surface area contributed by atoms with E-state index in [0.29, 0.717) is 19.8 Å². The summed E-state index contributed by atoms with van der Waals surface area (Å²) in [5.41, 5.74) is 0.0216. The van der Waals surface area contributed by atoms with Crippen LogP contribution in [0.25, 0.3) is 0 Å². The van der Waals surface area contributed by atoms with Gasteiger partial charge in [-0.3, -0.25) is 4.90 Å². The van der Waals surface area contributed by atoms with Crippen molar-refractivity contribution in [1.29, 1.82) is 0 Å². The monoisotopic (exact) mass is 355 g/mol. The molecule has 0 saturated carbocycles. The summed E-state index contributed by atoms with van der Waals surface area (Å²) in [4.78, 5) is 14.3. The average Bonchev–Trinajstić information content (AvgIpc) is 2.37. The highest BCUT2D eigenvalue weighted by atomic mass is 79.9. The standard InChI is InChI=1S/C16H22BrNO3/c1-15(2,3)21-14(19)18-9-10-20-11-16(18,4)12-5-7-13(17)8-6-12/h5-8H,9-11H2,1-4H3. The summed E-state index contributed by atoms with van der Waals surface area (Å²) in [6.07, 6.45) is -0.295. The summed E-state index contributed by atoms with van der Waals surface area (Å²) in [5, 5.41) is 0. The Hall–Kier alpha value is -1.07. The minimum atomic E-state index is -0.513. The fourth-order valence-electron chi connectivity index (χ4n) is 2.41. The number of halogens is 1. The number of rotatable bonds is 1. The summed E-state index contributed by atoms with van der Waals surface area (Å²) < 4.78 is 12.2. The van der Waals surface area contributed by atoms with E-state index in [9.17, 15) is 4.79 Å². The number of carbonyl (C=O) groups is 1. The van der Waals surface area contributed by atoms with E-state index in [1.165, 1.54) is 0 Å². The first kappa shape index (κ1) is 16.3. The molecule has 116 valence electrons. The molecule has 1 fully saturated rings. The minimum Gasteiger partial charge on any atom is -0.444 e. The number of amides is 1. The van der Waals surface area contributed by atoms with Crippen LogP contribution in [-0.2, 0) is 15.0 Å². The van der Waals surface area contributed by atoms with Crippen LogP contribution in [0.4, 0.5) is 4.79 Å². The Bertz CT molecular complexity index is 509. The van der Waals surface area contributed by atoms with Gasteiger partial charge in [-0.25, -0.2) is 4.79 Å². The van der Waals surface area contributed by atoms with Gasteiger partial charge in [0.05, 0.1) is 18.8 Å². The van der Waals surface area contributed by atoms with Crippen molar-refractivity contribution in [3.05, 3.63) is 34.3 Å². The average molecular weight is 356 g/mol. The SMILES string of the molecule is CC(C)(C)OC(=O)N1CCOCC1(C)c1ccc(Br)cc1. The van der Waals surface area contributed by atoms with E-state index in [0.717, 1.165) is 10.0 Å². The summed E-state index contributed by atoms with van der Waals surface area (Å²) in [6.45, 7) is 9.17. The van der Waals surface area contributed by atoms with E-state index in [1.54, 1.807) is 4.90 Å². The molecule has 0 bridgehead atoms. The molecule has 1 atom stereocenters. The van der Waals surface area contributed by atoms with E-state index < -0.39 is 11.1 Å². The first-order valence-electron chi connectivity index (χ1n) is 7.07. The number of morpholine rings is 1. The molecule has 1 aliphatic rings. The second-order valence-corrected chi connectivity index (χ2v) is 7.38. The maximum atomic E-state index is 12.5. The van der Waals surface area contributed by atoms with Crippen LogP contribution in [-0.4, -0.2) is 36.4 Å². The highest BCUT2D eigenvalue weighted by molar-refractivity contribution is 9.10. The van der Waals surface area contributed by atoms with Gasteiger partial charge in [-0.05, 0) is 45.4 Å². The van der Waals surface area contributed by atoms with Gasteiger partial charge < -0.3 is 9.47 Å². The van der Waals surface area contributed by atoms with Crippen molar-refractivity contribution in [2.45, 2.75) is 38.8 Å². The van der Waals surface area contributed by atoms with Crippen LogP contribution in [0.15, 0.2) is 28.7 Å². The zero-order chi connectivity index (χ0) is 15.7. The van der Waals surface area contributed by atoms with Crippen LogP contribution in [0.1, 0.15) is 33.3 Å². The molecule has 21 heavy (non-hydrogen) atoms. The van der Waals surface area contributed by atoms with Crippen LogP contribution in [0, 0.1) is 0 Å². The van der Waals surface area contributed by atoms with Crippen LogP contribution in [0.2, 0.25) is 0 Å². The van der Waals surface area contributed by atoms with Crippen LogP contribution < -0.4 is 0 Å². The molecular weight excluding hydrogens is 334 g/mol. The number of carbonyl (C=O) groups excluding carboxylic acids is 1. The Morgan fingerprint density at radius 1 is 1.33 bits per heavy atom. The molecule has 1 saturated heterocycles. The molecule has 0 radical (unpaired) electrons. The molecule has 0 aromatic heterocycles. The quantitative estimate of drug-likeness (QED) is 0.765. The van der Waals surface area contributed by atoms with Crippen molar-refractivity contribution in [2.24, 2.45) is 0 Å². The molecule has 0 spiro atoms. The fraction of sp³-hybridized carbons (Fsp3) is 0.562. The van der Waals surface area contributed by atoms with E-state index in [4.69, 9.17) is 9.47 Å². The maximum Gasteiger partial charge on any atom is 0.411 e. The molecule has 1 amide bonds. The number of benzene rings is 1. The third-order valence-corrected chi connectivity index (χ3v) is 4.05. The summed E-state index contributed by atoms with van der Waals surface area (Å²) >= 11 is 3.43. The Kier molecular flexibility index (Phi) is 4.63. The van der Waals surface area contributed by atoms with Crippen molar-refractivity contribution in [2.75, 3.05) is 19.8 Å². The first-order valence-corrected chi connectivity index (χ1v) is 7.86. The normalized spacial score (nSPS) is 23.0. The highest BCUT2D eigenvalue weighted by Gasteiger charge is 2.41. The molecular formula is C16H22BrNO3. The Morgan fingerprint density at radius 2 is 1.95 bits per heavy atom. The van der Waals surface area contributed by atoms with E-state index in [1.807, 2.05) is 52.0 Å². The van der Waals surface area contributed by atoms with Gasteiger partial charge in [0.25, 0.3) is 0 Å². The maximum absolute atomic E-state index is 12.5. The molecule has 0 N–H and O–H groups in total. The molecule has 1 unspecified atom stereocenters. The number of nitrogens with zero attached hydrogens (tertiary/aromatic N) is 1. The number of hydrogen-bond donors (Lipinski definition) is 0. The Balaban J connectivity index is 2.29. The van der Waals surface area contributed by atoms with Crippen molar-refractivity contribution in [3.8, 4) is 0 Å². The van der Waals surface area contributed by atoms with E-state index in [2.05, 4.69) is 15.9 Å². The molecule has 2 rings (SSSR count). The number of ether oxygens (including phenoxy) is 2. The summed E-state index contributed by atoms with van der Waals surface area (Å²) in [7, 11) is 0. The molecule has 0 aliphatic carbocycles. The van der Waals surface area contributed by atoms with Gasteiger partial charge in [-0.2, -0.15) is 0 Å². The largest absolute Gasteiger partial charge is 0.444 e. The van der Waals surface area contributed by atoms with Gasteiger partial charge in [0.15, 0.2) is 0 Å². The van der Waals surface area contributed by atoms with E-state index >= 15 is 0 Å². The minimum absolute atomic E-state index is 0.295. The third-order valence-electron chi connectivity index (χ3n) is 3.52. The van der Waals surface area contributed by atoms with Crippen LogP contribution >= 0.6 is 15.9 Å². The zero-order valence-corrected chi connectivity index (χ0v) is 14.6. The first-order chi connectivity index (χ1) is 9.72. The molecule has 1 aliphatic heterocycles. The molecule has 1 aromatic rings.